The zero-order chi connectivity index (χ0) is 12.7. The van der Waals surface area contributed by atoms with Crippen molar-refractivity contribution in [2.75, 3.05) is 18.8 Å². The Hall–Kier alpha value is -0.680. The van der Waals surface area contributed by atoms with E-state index >= 15 is 0 Å². The van der Waals surface area contributed by atoms with Crippen molar-refractivity contribution in [3.8, 4) is 0 Å². The lowest BCUT2D eigenvalue weighted by atomic mass is 10.0. The summed E-state index contributed by atoms with van der Waals surface area (Å²) in [5.41, 5.74) is -2.92. The van der Waals surface area contributed by atoms with E-state index in [0.29, 0.717) is 19.0 Å². The van der Waals surface area contributed by atoms with Crippen molar-refractivity contribution >= 4 is 11.8 Å². The van der Waals surface area contributed by atoms with E-state index < -0.39 is 5.51 Å². The molecule has 0 bridgehead atoms. The van der Waals surface area contributed by atoms with Crippen LogP contribution in [0, 0.1) is 0 Å². The summed E-state index contributed by atoms with van der Waals surface area (Å²) >= 11 is 0.0185. The first-order chi connectivity index (χ1) is 7.99. The molecule has 1 atom stereocenters. The van der Waals surface area contributed by atoms with Crippen molar-refractivity contribution in [3.63, 3.8) is 0 Å². The van der Waals surface area contributed by atoms with Gasteiger partial charge in [-0.2, -0.15) is 13.2 Å². The third-order valence-electron chi connectivity index (χ3n) is 2.36. The fourth-order valence-electron chi connectivity index (χ4n) is 1.46. The van der Waals surface area contributed by atoms with Gasteiger partial charge in [0.2, 0.25) is 0 Å². The van der Waals surface area contributed by atoms with E-state index in [9.17, 15) is 13.2 Å². The van der Waals surface area contributed by atoms with E-state index in [4.69, 9.17) is 0 Å². The molecule has 0 saturated heterocycles. The molecule has 1 aromatic rings. The van der Waals surface area contributed by atoms with E-state index in [0.717, 1.165) is 0 Å². The van der Waals surface area contributed by atoms with E-state index in [1.807, 2.05) is 30.3 Å². The van der Waals surface area contributed by atoms with Crippen LogP contribution < -0.4 is 5.32 Å². The molecular formula is C12H16F3NS. The van der Waals surface area contributed by atoms with Crippen LogP contribution in [-0.4, -0.2) is 24.4 Å². The minimum Gasteiger partial charge on any atom is -0.315 e. The van der Waals surface area contributed by atoms with Crippen LogP contribution in [0.25, 0.3) is 0 Å². The maximum atomic E-state index is 11.8. The van der Waals surface area contributed by atoms with E-state index in [1.54, 1.807) is 0 Å². The van der Waals surface area contributed by atoms with Crippen LogP contribution in [0.2, 0.25) is 0 Å². The summed E-state index contributed by atoms with van der Waals surface area (Å²) in [4.78, 5) is 0. The van der Waals surface area contributed by atoms with Gasteiger partial charge in [0.05, 0.1) is 0 Å². The summed E-state index contributed by atoms with van der Waals surface area (Å²) in [5.74, 6) is 0.373. The van der Waals surface area contributed by atoms with Gasteiger partial charge in [-0.15, -0.1) is 0 Å². The zero-order valence-electron chi connectivity index (χ0n) is 9.63. The summed E-state index contributed by atoms with van der Waals surface area (Å²) in [6.07, 6.45) is 0. The summed E-state index contributed by atoms with van der Waals surface area (Å²) in [6.45, 7) is 3.13. The highest BCUT2D eigenvalue weighted by Gasteiger charge is 2.27. The second kappa shape index (κ2) is 6.91. The Labute approximate surface area is 104 Å². The zero-order valence-corrected chi connectivity index (χ0v) is 10.4. The number of alkyl halides is 3. The topological polar surface area (TPSA) is 12.0 Å². The summed E-state index contributed by atoms with van der Waals surface area (Å²) < 4.78 is 35.5. The lowest BCUT2D eigenvalue weighted by Gasteiger charge is -2.13. The molecular weight excluding hydrogens is 247 g/mol. The van der Waals surface area contributed by atoms with Gasteiger partial charge in [0, 0.05) is 18.8 Å². The lowest BCUT2D eigenvalue weighted by Crippen LogP contribution is -2.23. The first-order valence-corrected chi connectivity index (χ1v) is 6.44. The van der Waals surface area contributed by atoms with Crippen LogP contribution in [0.15, 0.2) is 30.3 Å². The van der Waals surface area contributed by atoms with Crippen LogP contribution >= 0.6 is 11.8 Å². The standard InChI is InChI=1S/C12H16F3NS/c1-10(11-5-3-2-4-6-11)9-16-7-8-17-12(13,14)15/h2-6,10,16H,7-9H2,1H3. The quantitative estimate of drug-likeness (QED) is 0.786. The van der Waals surface area contributed by atoms with Gasteiger partial charge < -0.3 is 5.32 Å². The van der Waals surface area contributed by atoms with Crippen molar-refractivity contribution in [2.24, 2.45) is 0 Å². The number of nitrogens with one attached hydrogen (secondary N) is 1. The molecule has 0 fully saturated rings. The fraction of sp³-hybridized carbons (Fsp3) is 0.500. The van der Waals surface area contributed by atoms with Gasteiger partial charge in [0.25, 0.3) is 0 Å². The highest BCUT2D eigenvalue weighted by molar-refractivity contribution is 8.00. The van der Waals surface area contributed by atoms with Crippen molar-refractivity contribution in [3.05, 3.63) is 35.9 Å². The third-order valence-corrected chi connectivity index (χ3v) is 3.10. The summed E-state index contributed by atoms with van der Waals surface area (Å²) in [5, 5.41) is 3.04. The van der Waals surface area contributed by atoms with Gasteiger partial charge in [-0.05, 0) is 23.2 Å². The van der Waals surface area contributed by atoms with Crippen molar-refractivity contribution in [2.45, 2.75) is 18.3 Å². The smallest absolute Gasteiger partial charge is 0.315 e. The second-order valence-corrected chi connectivity index (χ2v) is 4.97. The number of hydrogen-bond acceptors (Lipinski definition) is 2. The van der Waals surface area contributed by atoms with E-state index in [-0.39, 0.29) is 17.5 Å². The molecule has 1 nitrogen and oxygen atoms in total. The molecule has 1 aromatic carbocycles. The van der Waals surface area contributed by atoms with Gasteiger partial charge in [0.1, 0.15) is 0 Å². The molecule has 1 rings (SSSR count). The third kappa shape index (κ3) is 6.58. The van der Waals surface area contributed by atoms with Gasteiger partial charge >= 0.3 is 5.51 Å². The van der Waals surface area contributed by atoms with Crippen molar-refractivity contribution in [1.82, 2.24) is 5.32 Å². The first-order valence-electron chi connectivity index (χ1n) is 5.45. The van der Waals surface area contributed by atoms with Crippen LogP contribution in [0.4, 0.5) is 13.2 Å². The lowest BCUT2D eigenvalue weighted by molar-refractivity contribution is -0.0327. The van der Waals surface area contributed by atoms with Gasteiger partial charge in [-0.25, -0.2) is 0 Å². The molecule has 0 amide bonds. The fourth-order valence-corrected chi connectivity index (χ4v) is 1.93. The molecule has 0 aliphatic rings. The van der Waals surface area contributed by atoms with Crippen molar-refractivity contribution in [1.29, 1.82) is 0 Å². The minimum absolute atomic E-state index is 0.0185. The maximum absolute atomic E-state index is 11.8. The Balaban J connectivity index is 2.15. The largest absolute Gasteiger partial charge is 0.441 e. The SMILES string of the molecule is CC(CNCCSC(F)(F)F)c1ccccc1. The Morgan fingerprint density at radius 3 is 2.47 bits per heavy atom. The molecule has 1 N–H and O–H groups in total. The number of halogens is 3. The number of thioether (sulfide) groups is 1. The molecule has 1 unspecified atom stereocenters. The van der Waals surface area contributed by atoms with Crippen LogP contribution in [0.3, 0.4) is 0 Å². The molecule has 0 aliphatic heterocycles. The average Bonchev–Trinajstić information content (AvgIpc) is 2.28. The highest BCUT2D eigenvalue weighted by atomic mass is 32.2. The van der Waals surface area contributed by atoms with Crippen LogP contribution in [0.1, 0.15) is 18.4 Å². The van der Waals surface area contributed by atoms with Gasteiger partial charge in [-0.1, -0.05) is 37.3 Å². The summed E-state index contributed by atoms with van der Waals surface area (Å²) in [7, 11) is 0. The molecule has 5 heteroatoms. The first kappa shape index (κ1) is 14.4. The molecule has 0 heterocycles. The van der Waals surface area contributed by atoms with E-state index in [1.165, 1.54) is 5.56 Å². The molecule has 0 aromatic heterocycles. The van der Waals surface area contributed by atoms with Crippen molar-refractivity contribution < 1.29 is 13.2 Å². The Morgan fingerprint density at radius 2 is 1.88 bits per heavy atom. The molecule has 17 heavy (non-hydrogen) atoms. The van der Waals surface area contributed by atoms with Gasteiger partial charge in [-0.3, -0.25) is 0 Å². The monoisotopic (exact) mass is 263 g/mol. The minimum atomic E-state index is -4.12. The normalized spacial score (nSPS) is 13.6. The maximum Gasteiger partial charge on any atom is 0.441 e. The number of rotatable bonds is 6. The molecule has 0 spiro atoms. The van der Waals surface area contributed by atoms with Crippen LogP contribution in [-0.2, 0) is 0 Å². The molecule has 0 radical (unpaired) electrons. The molecule has 0 aliphatic carbocycles. The Morgan fingerprint density at radius 1 is 1.24 bits per heavy atom. The number of hydrogen-bond donors (Lipinski definition) is 1. The molecule has 0 saturated carbocycles. The van der Waals surface area contributed by atoms with Crippen LogP contribution in [0.5, 0.6) is 0 Å². The summed E-state index contributed by atoms with van der Waals surface area (Å²) in [6, 6.07) is 9.92. The Bertz CT molecular complexity index is 313. The van der Waals surface area contributed by atoms with Gasteiger partial charge in [0.15, 0.2) is 0 Å². The predicted octanol–water partition coefficient (Wildman–Crippen LogP) is 3.63. The number of benzene rings is 1. The second-order valence-electron chi connectivity index (χ2n) is 3.81. The average molecular weight is 263 g/mol. The predicted molar refractivity (Wildman–Crippen MR) is 66.2 cm³/mol. The van der Waals surface area contributed by atoms with E-state index in [2.05, 4.69) is 12.2 Å². The Kier molecular flexibility index (Phi) is 5.85. The highest BCUT2D eigenvalue weighted by Crippen LogP contribution is 2.29. The molecule has 96 valence electrons.